The van der Waals surface area contributed by atoms with Crippen LogP contribution in [0.15, 0.2) is 54.9 Å². The van der Waals surface area contributed by atoms with Crippen molar-refractivity contribution >= 4 is 11.9 Å². The SMILES string of the molecule is Nc1ncc(-c2ccccc2F)c(C2CCCCN2C(=O)Cc2ccccn2)n1. The van der Waals surface area contributed by atoms with Crippen molar-refractivity contribution in [3.8, 4) is 11.1 Å². The van der Waals surface area contributed by atoms with Gasteiger partial charge in [-0.1, -0.05) is 24.3 Å². The van der Waals surface area contributed by atoms with Gasteiger partial charge < -0.3 is 10.6 Å². The summed E-state index contributed by atoms with van der Waals surface area (Å²) in [4.78, 5) is 27.7. The van der Waals surface area contributed by atoms with Crippen molar-refractivity contribution < 1.29 is 9.18 Å². The molecule has 1 fully saturated rings. The maximum absolute atomic E-state index is 14.5. The van der Waals surface area contributed by atoms with Crippen molar-refractivity contribution in [2.45, 2.75) is 31.7 Å². The summed E-state index contributed by atoms with van der Waals surface area (Å²) in [6.45, 7) is 0.622. The molecule has 1 aliphatic rings. The van der Waals surface area contributed by atoms with Gasteiger partial charge in [-0.2, -0.15) is 0 Å². The van der Waals surface area contributed by atoms with Gasteiger partial charge in [0.05, 0.1) is 18.2 Å². The Labute approximate surface area is 168 Å². The van der Waals surface area contributed by atoms with Crippen molar-refractivity contribution in [3.05, 3.63) is 72.1 Å². The third-order valence-corrected chi connectivity index (χ3v) is 5.20. The number of benzene rings is 1. The Kier molecular flexibility index (Phi) is 5.46. The van der Waals surface area contributed by atoms with Gasteiger partial charge in [-0.15, -0.1) is 0 Å². The van der Waals surface area contributed by atoms with E-state index in [1.165, 1.54) is 6.07 Å². The minimum atomic E-state index is -0.357. The average Bonchev–Trinajstić information content (AvgIpc) is 2.75. The maximum atomic E-state index is 14.5. The highest BCUT2D eigenvalue weighted by molar-refractivity contribution is 5.79. The summed E-state index contributed by atoms with van der Waals surface area (Å²) < 4.78 is 14.5. The van der Waals surface area contributed by atoms with Crippen LogP contribution in [0.5, 0.6) is 0 Å². The molecule has 1 aliphatic heterocycles. The highest BCUT2D eigenvalue weighted by Crippen LogP contribution is 2.36. The molecule has 1 amide bonds. The second-order valence-corrected chi connectivity index (χ2v) is 7.10. The fraction of sp³-hybridized carbons (Fsp3) is 0.273. The first-order valence-electron chi connectivity index (χ1n) is 9.70. The number of pyridine rings is 1. The number of halogens is 1. The lowest BCUT2D eigenvalue weighted by atomic mass is 9.93. The van der Waals surface area contributed by atoms with Gasteiger partial charge >= 0.3 is 0 Å². The number of nitrogen functional groups attached to an aromatic ring is 1. The molecular formula is C22H22FN5O. The second kappa shape index (κ2) is 8.34. The molecule has 3 heterocycles. The molecule has 0 saturated carbocycles. The first-order chi connectivity index (χ1) is 14.1. The molecule has 0 bridgehead atoms. The molecule has 7 heteroatoms. The molecule has 148 valence electrons. The Balaban J connectivity index is 1.71. The number of carbonyl (C=O) groups excluding carboxylic acids is 1. The molecule has 29 heavy (non-hydrogen) atoms. The van der Waals surface area contributed by atoms with Gasteiger partial charge in [-0.25, -0.2) is 14.4 Å². The lowest BCUT2D eigenvalue weighted by Gasteiger charge is -2.36. The number of amides is 1. The number of carbonyl (C=O) groups is 1. The maximum Gasteiger partial charge on any atom is 0.229 e. The summed E-state index contributed by atoms with van der Waals surface area (Å²) in [5.41, 5.74) is 8.16. The van der Waals surface area contributed by atoms with Crippen LogP contribution in [0.1, 0.15) is 36.7 Å². The van der Waals surface area contributed by atoms with Crippen LogP contribution in [0, 0.1) is 5.82 Å². The van der Waals surface area contributed by atoms with Gasteiger partial charge in [0.25, 0.3) is 0 Å². The molecule has 1 aromatic carbocycles. The first-order valence-corrected chi connectivity index (χ1v) is 9.70. The van der Waals surface area contributed by atoms with Gasteiger partial charge in [0.15, 0.2) is 0 Å². The quantitative estimate of drug-likeness (QED) is 0.735. The third kappa shape index (κ3) is 4.08. The topological polar surface area (TPSA) is 85.0 Å². The minimum absolute atomic E-state index is 0.0231. The number of piperidine rings is 1. The van der Waals surface area contributed by atoms with Gasteiger partial charge in [0.1, 0.15) is 5.82 Å². The predicted molar refractivity (Wildman–Crippen MR) is 108 cm³/mol. The van der Waals surface area contributed by atoms with Crippen LogP contribution in [0.4, 0.5) is 10.3 Å². The fourth-order valence-corrected chi connectivity index (χ4v) is 3.82. The van der Waals surface area contributed by atoms with Crippen molar-refractivity contribution in [2.24, 2.45) is 0 Å². The molecule has 3 aromatic rings. The Bertz CT molecular complexity index is 1010. The number of likely N-dealkylation sites (tertiary alicyclic amines) is 1. The molecule has 1 saturated heterocycles. The summed E-state index contributed by atoms with van der Waals surface area (Å²) in [7, 11) is 0. The monoisotopic (exact) mass is 391 g/mol. The lowest BCUT2D eigenvalue weighted by molar-refractivity contribution is -0.134. The fourth-order valence-electron chi connectivity index (χ4n) is 3.82. The number of rotatable bonds is 4. The summed E-state index contributed by atoms with van der Waals surface area (Å²) >= 11 is 0. The highest BCUT2D eigenvalue weighted by Gasteiger charge is 2.31. The van der Waals surface area contributed by atoms with Crippen LogP contribution in [0.2, 0.25) is 0 Å². The molecule has 0 radical (unpaired) electrons. The zero-order valence-corrected chi connectivity index (χ0v) is 16.0. The Morgan fingerprint density at radius 2 is 1.93 bits per heavy atom. The minimum Gasteiger partial charge on any atom is -0.368 e. The van der Waals surface area contributed by atoms with Gasteiger partial charge in [-0.3, -0.25) is 9.78 Å². The Morgan fingerprint density at radius 3 is 2.72 bits per heavy atom. The standard InChI is InChI=1S/C22H22FN5O/c23-18-9-2-1-8-16(18)17-14-26-22(24)27-21(17)19-10-4-6-12-28(19)20(29)13-15-7-3-5-11-25-15/h1-3,5,7-9,11,14,19H,4,6,10,12-13H2,(H2,24,26,27). The highest BCUT2D eigenvalue weighted by atomic mass is 19.1. The van der Waals surface area contributed by atoms with Crippen LogP contribution in [0.3, 0.4) is 0 Å². The molecule has 4 rings (SSSR count). The van der Waals surface area contributed by atoms with E-state index < -0.39 is 0 Å². The van der Waals surface area contributed by atoms with E-state index in [0.29, 0.717) is 23.4 Å². The smallest absolute Gasteiger partial charge is 0.229 e. The molecule has 1 atom stereocenters. The van der Waals surface area contributed by atoms with E-state index in [-0.39, 0.29) is 30.1 Å². The largest absolute Gasteiger partial charge is 0.368 e. The molecule has 6 nitrogen and oxygen atoms in total. The van der Waals surface area contributed by atoms with Crippen molar-refractivity contribution in [1.82, 2.24) is 19.9 Å². The second-order valence-electron chi connectivity index (χ2n) is 7.10. The molecule has 0 spiro atoms. The zero-order valence-electron chi connectivity index (χ0n) is 16.0. The zero-order chi connectivity index (χ0) is 20.2. The molecular weight excluding hydrogens is 369 g/mol. The predicted octanol–water partition coefficient (Wildman–Crippen LogP) is 3.56. The van der Waals surface area contributed by atoms with Crippen molar-refractivity contribution in [1.29, 1.82) is 0 Å². The first kappa shape index (κ1) is 19.0. The lowest BCUT2D eigenvalue weighted by Crippen LogP contribution is -2.40. The third-order valence-electron chi connectivity index (χ3n) is 5.20. The number of nitrogens with two attached hydrogens (primary N) is 1. The van der Waals surface area contributed by atoms with E-state index in [0.717, 1.165) is 25.0 Å². The summed E-state index contributed by atoms with van der Waals surface area (Å²) in [5.74, 6) is -0.267. The summed E-state index contributed by atoms with van der Waals surface area (Å²) in [6.07, 6.45) is 6.06. The van der Waals surface area contributed by atoms with E-state index in [4.69, 9.17) is 5.73 Å². The van der Waals surface area contributed by atoms with Crippen LogP contribution >= 0.6 is 0 Å². The Hall–Kier alpha value is -3.35. The van der Waals surface area contributed by atoms with Crippen LogP contribution < -0.4 is 5.73 Å². The van der Waals surface area contributed by atoms with Crippen LogP contribution in [-0.4, -0.2) is 32.3 Å². The van der Waals surface area contributed by atoms with Gasteiger partial charge in [0, 0.05) is 35.8 Å². The van der Waals surface area contributed by atoms with E-state index >= 15 is 0 Å². The number of aromatic nitrogens is 3. The molecule has 1 unspecified atom stereocenters. The van der Waals surface area contributed by atoms with E-state index in [9.17, 15) is 9.18 Å². The number of hydrogen-bond donors (Lipinski definition) is 1. The average molecular weight is 391 g/mol. The van der Waals surface area contributed by atoms with Crippen LogP contribution in [-0.2, 0) is 11.2 Å². The normalized spacial score (nSPS) is 16.6. The summed E-state index contributed by atoms with van der Waals surface area (Å²) in [5, 5.41) is 0. The Morgan fingerprint density at radius 1 is 1.10 bits per heavy atom. The molecule has 2 aromatic heterocycles. The van der Waals surface area contributed by atoms with Gasteiger partial charge in [-0.05, 0) is 37.5 Å². The summed E-state index contributed by atoms with van der Waals surface area (Å²) in [6, 6.07) is 11.7. The number of hydrogen-bond acceptors (Lipinski definition) is 5. The van der Waals surface area contributed by atoms with Gasteiger partial charge in [0.2, 0.25) is 11.9 Å². The van der Waals surface area contributed by atoms with Crippen molar-refractivity contribution in [3.63, 3.8) is 0 Å². The molecule has 2 N–H and O–H groups in total. The van der Waals surface area contributed by atoms with E-state index in [1.54, 1.807) is 30.6 Å². The van der Waals surface area contributed by atoms with Crippen LogP contribution in [0.25, 0.3) is 11.1 Å². The number of anilines is 1. The molecule has 0 aliphatic carbocycles. The van der Waals surface area contributed by atoms with E-state index in [1.807, 2.05) is 23.1 Å². The van der Waals surface area contributed by atoms with Crippen molar-refractivity contribution in [2.75, 3.05) is 12.3 Å². The van der Waals surface area contributed by atoms with E-state index in [2.05, 4.69) is 15.0 Å². The number of nitrogens with zero attached hydrogens (tertiary/aromatic N) is 4.